The molecule has 0 radical (unpaired) electrons. The van der Waals surface area contributed by atoms with Crippen LogP contribution >= 0.6 is 45.7 Å². The molecule has 1 nitrogen and oxygen atoms in total. The first-order valence-corrected chi connectivity index (χ1v) is 7.05. The highest BCUT2D eigenvalue weighted by Gasteiger charge is 2.11. The highest BCUT2D eigenvalue weighted by atomic mass is 127. The van der Waals surface area contributed by atoms with Gasteiger partial charge in [0.05, 0.1) is 13.1 Å². The molecule has 4 heteroatoms. The molecule has 0 spiro atoms. The Hall–Kier alpha value is -0.250. The van der Waals surface area contributed by atoms with Gasteiger partial charge in [-0.3, -0.25) is 0 Å². The van der Waals surface area contributed by atoms with Crippen LogP contribution in [0.25, 0.3) is 10.1 Å². The summed E-state index contributed by atoms with van der Waals surface area (Å²) >= 11 is 5.66. The lowest BCUT2D eigenvalue weighted by Crippen LogP contribution is -1.73. The smallest absolute Gasteiger partial charge is 0.102 e. The lowest BCUT2D eigenvalue weighted by atomic mass is 10.2. The maximum atomic E-state index is 9.01. The zero-order valence-electron chi connectivity index (χ0n) is 7.37. The fraction of sp³-hybridized carbons (Fsp3) is 0.100. The van der Waals surface area contributed by atoms with Crippen molar-refractivity contribution in [2.24, 2.45) is 0 Å². The fourth-order valence-corrected chi connectivity index (χ4v) is 4.17. The van der Waals surface area contributed by atoms with Gasteiger partial charge in [-0.25, -0.2) is 0 Å². The number of halogens is 1. The summed E-state index contributed by atoms with van der Waals surface area (Å²) in [6.45, 7) is 0. The molecule has 0 atom stereocenters. The molecule has 1 heterocycles. The molecule has 0 bridgehead atoms. The average Bonchev–Trinajstić information content (AvgIpc) is 2.52. The quantitative estimate of drug-likeness (QED) is 0.580. The number of hydrogen-bond acceptors (Lipinski definition) is 3. The molecule has 0 N–H and O–H groups in total. The van der Waals surface area contributed by atoms with Crippen molar-refractivity contribution < 1.29 is 0 Å². The Kier molecular flexibility index (Phi) is 3.00. The molecule has 14 heavy (non-hydrogen) atoms. The molecule has 0 aliphatic rings. The van der Waals surface area contributed by atoms with Crippen molar-refractivity contribution in [1.82, 2.24) is 0 Å². The zero-order chi connectivity index (χ0) is 10.1. The van der Waals surface area contributed by atoms with E-state index in [2.05, 4.69) is 41.0 Å². The van der Waals surface area contributed by atoms with E-state index < -0.39 is 0 Å². The van der Waals surface area contributed by atoms with Crippen molar-refractivity contribution in [2.45, 2.75) is 4.90 Å². The van der Waals surface area contributed by atoms with Crippen LogP contribution in [0.1, 0.15) is 5.56 Å². The van der Waals surface area contributed by atoms with Crippen LogP contribution in [0.3, 0.4) is 0 Å². The number of nitrogens with zero attached hydrogens (tertiary/aromatic N) is 1. The van der Waals surface area contributed by atoms with Crippen molar-refractivity contribution in [3.8, 4) is 6.07 Å². The summed E-state index contributed by atoms with van der Waals surface area (Å²) in [5, 5.41) is 10.1. The molecule has 0 saturated heterocycles. The molecule has 0 amide bonds. The first-order chi connectivity index (χ1) is 6.77. The van der Waals surface area contributed by atoms with Gasteiger partial charge < -0.3 is 0 Å². The lowest BCUT2D eigenvalue weighted by molar-refractivity contribution is 1.51. The minimum absolute atomic E-state index is 0.821. The van der Waals surface area contributed by atoms with Crippen LogP contribution in [0.15, 0.2) is 23.1 Å². The second-order valence-corrected chi connectivity index (χ2v) is 6.38. The summed E-state index contributed by atoms with van der Waals surface area (Å²) in [6, 6.07) is 8.39. The summed E-state index contributed by atoms with van der Waals surface area (Å²) < 4.78 is 2.32. The van der Waals surface area contributed by atoms with Crippen molar-refractivity contribution in [1.29, 1.82) is 5.26 Å². The van der Waals surface area contributed by atoms with Gasteiger partial charge in [-0.05, 0) is 34.9 Å². The molecule has 2 rings (SSSR count). The Bertz CT molecular complexity index is 525. The van der Waals surface area contributed by atoms with E-state index >= 15 is 0 Å². The topological polar surface area (TPSA) is 23.8 Å². The maximum absolute atomic E-state index is 9.01. The van der Waals surface area contributed by atoms with Crippen molar-refractivity contribution in [3.05, 3.63) is 26.6 Å². The van der Waals surface area contributed by atoms with Gasteiger partial charge in [-0.15, -0.1) is 23.1 Å². The molecule has 1 aromatic carbocycles. The summed E-state index contributed by atoms with van der Waals surface area (Å²) in [5.74, 6) is 0. The Morgan fingerprint density at radius 2 is 2.29 bits per heavy atom. The number of nitriles is 1. The van der Waals surface area contributed by atoms with Crippen molar-refractivity contribution in [2.75, 3.05) is 6.26 Å². The van der Waals surface area contributed by atoms with Crippen LogP contribution < -0.4 is 0 Å². The molecule has 0 aliphatic carbocycles. The van der Waals surface area contributed by atoms with Crippen LogP contribution in [-0.2, 0) is 0 Å². The van der Waals surface area contributed by atoms with E-state index in [0.717, 1.165) is 13.8 Å². The predicted octanol–water partition coefficient (Wildman–Crippen LogP) is 4.10. The average molecular weight is 331 g/mol. The molecule has 0 fully saturated rings. The third-order valence-electron chi connectivity index (χ3n) is 1.97. The van der Waals surface area contributed by atoms with Crippen LogP contribution in [0.4, 0.5) is 0 Å². The third kappa shape index (κ3) is 1.53. The van der Waals surface area contributed by atoms with Gasteiger partial charge in [0.1, 0.15) is 6.07 Å². The highest BCUT2D eigenvalue weighted by Crippen LogP contribution is 2.37. The Balaban J connectivity index is 2.87. The van der Waals surface area contributed by atoms with E-state index in [0.29, 0.717) is 0 Å². The number of hydrogen-bond donors (Lipinski definition) is 0. The third-order valence-corrected chi connectivity index (χ3v) is 5.10. The minimum atomic E-state index is 0.821. The van der Waals surface area contributed by atoms with E-state index in [9.17, 15) is 0 Å². The maximum Gasteiger partial charge on any atom is 0.102 e. The van der Waals surface area contributed by atoms with Crippen LogP contribution in [0, 0.1) is 14.2 Å². The largest absolute Gasteiger partial charge is 0.192 e. The fourth-order valence-electron chi connectivity index (χ4n) is 1.33. The highest BCUT2D eigenvalue weighted by molar-refractivity contribution is 14.1. The van der Waals surface area contributed by atoms with E-state index in [4.69, 9.17) is 5.26 Å². The second-order valence-electron chi connectivity index (χ2n) is 2.70. The van der Waals surface area contributed by atoms with Gasteiger partial charge in [0.2, 0.25) is 0 Å². The molecular formula is C10H6INS2. The summed E-state index contributed by atoms with van der Waals surface area (Å²) in [6.07, 6.45) is 2.06. The monoisotopic (exact) mass is 331 g/mol. The van der Waals surface area contributed by atoms with Gasteiger partial charge >= 0.3 is 0 Å². The first kappa shape index (κ1) is 10.3. The Morgan fingerprint density at radius 1 is 1.50 bits per heavy atom. The first-order valence-electron chi connectivity index (χ1n) is 3.93. The molecule has 2 aromatic rings. The number of thioether (sulfide) groups is 1. The molecule has 70 valence electrons. The molecule has 0 unspecified atom stereocenters. The standard InChI is InChI=1S/C10H6INS2/c1-13-8-4-2-3-6-7(5-12)10(11)14-9(6)8/h2-4H,1H3. The molecule has 0 saturated carbocycles. The number of rotatable bonds is 1. The summed E-state index contributed by atoms with van der Waals surface area (Å²) in [5.41, 5.74) is 0.821. The van der Waals surface area contributed by atoms with Gasteiger partial charge in [0.15, 0.2) is 0 Å². The van der Waals surface area contributed by atoms with E-state index in [1.807, 2.05) is 12.1 Å². The van der Waals surface area contributed by atoms with E-state index in [1.165, 1.54) is 9.60 Å². The normalized spacial score (nSPS) is 10.4. The van der Waals surface area contributed by atoms with Crippen LogP contribution in [0.5, 0.6) is 0 Å². The number of benzene rings is 1. The van der Waals surface area contributed by atoms with E-state index in [-0.39, 0.29) is 0 Å². The van der Waals surface area contributed by atoms with Crippen LogP contribution in [-0.4, -0.2) is 6.26 Å². The van der Waals surface area contributed by atoms with E-state index in [1.54, 1.807) is 23.1 Å². The zero-order valence-corrected chi connectivity index (χ0v) is 11.2. The SMILES string of the molecule is CSc1cccc2c(C#N)c(I)sc12. The molecule has 0 aliphatic heterocycles. The minimum Gasteiger partial charge on any atom is -0.192 e. The lowest BCUT2D eigenvalue weighted by Gasteiger charge is -1.96. The number of thiophene rings is 1. The Morgan fingerprint density at radius 3 is 2.93 bits per heavy atom. The van der Waals surface area contributed by atoms with Gasteiger partial charge in [0, 0.05) is 10.3 Å². The Labute approximate surface area is 104 Å². The number of fused-ring (bicyclic) bond motifs is 1. The van der Waals surface area contributed by atoms with Gasteiger partial charge in [0.25, 0.3) is 0 Å². The summed E-state index contributed by atoms with van der Waals surface area (Å²) in [7, 11) is 0. The van der Waals surface area contributed by atoms with Crippen LogP contribution in [0.2, 0.25) is 0 Å². The van der Waals surface area contributed by atoms with Crippen molar-refractivity contribution >= 4 is 55.8 Å². The molecule has 1 aromatic heterocycles. The van der Waals surface area contributed by atoms with Crippen molar-refractivity contribution in [3.63, 3.8) is 0 Å². The van der Waals surface area contributed by atoms with Gasteiger partial charge in [-0.1, -0.05) is 12.1 Å². The molecular weight excluding hydrogens is 325 g/mol. The predicted molar refractivity (Wildman–Crippen MR) is 71.0 cm³/mol. The van der Waals surface area contributed by atoms with Gasteiger partial charge in [-0.2, -0.15) is 5.26 Å². The summed E-state index contributed by atoms with van der Waals surface area (Å²) in [4.78, 5) is 1.26. The second kappa shape index (κ2) is 4.09.